The Morgan fingerprint density at radius 3 is 2.50 bits per heavy atom. The Morgan fingerprint density at radius 1 is 1.25 bits per heavy atom. The summed E-state index contributed by atoms with van der Waals surface area (Å²) in [5, 5.41) is 3.13. The van der Waals surface area contributed by atoms with Crippen LogP contribution in [0.1, 0.15) is 39.5 Å². The van der Waals surface area contributed by atoms with E-state index in [1.165, 1.54) is 19.3 Å². The van der Waals surface area contributed by atoms with E-state index in [-0.39, 0.29) is 0 Å². The standard InChI is InChI=1S/C10H23NO/c1-4-6-7-8-12-10(5-2)9-11-3/h10-11H,4-9H2,1-3H3. The van der Waals surface area contributed by atoms with Gasteiger partial charge in [0.1, 0.15) is 0 Å². The minimum Gasteiger partial charge on any atom is -0.377 e. The average Bonchev–Trinajstić information content (AvgIpc) is 2.10. The predicted molar refractivity (Wildman–Crippen MR) is 53.5 cm³/mol. The second-order valence-electron chi connectivity index (χ2n) is 3.17. The lowest BCUT2D eigenvalue weighted by molar-refractivity contribution is 0.0496. The lowest BCUT2D eigenvalue weighted by Crippen LogP contribution is -2.26. The molecule has 0 aromatic carbocycles. The summed E-state index contributed by atoms with van der Waals surface area (Å²) >= 11 is 0. The number of nitrogens with one attached hydrogen (secondary N) is 1. The number of likely N-dealkylation sites (N-methyl/N-ethyl adjacent to an activating group) is 1. The van der Waals surface area contributed by atoms with Gasteiger partial charge >= 0.3 is 0 Å². The Balaban J connectivity index is 3.19. The van der Waals surface area contributed by atoms with Crippen LogP contribution in [0.5, 0.6) is 0 Å². The zero-order valence-electron chi connectivity index (χ0n) is 8.73. The summed E-state index contributed by atoms with van der Waals surface area (Å²) in [5.41, 5.74) is 0. The van der Waals surface area contributed by atoms with E-state index in [0.717, 1.165) is 19.6 Å². The maximum Gasteiger partial charge on any atom is 0.0696 e. The Morgan fingerprint density at radius 2 is 2.00 bits per heavy atom. The van der Waals surface area contributed by atoms with Gasteiger partial charge in [0.15, 0.2) is 0 Å². The Bertz CT molecular complexity index is 85.9. The molecule has 12 heavy (non-hydrogen) atoms. The first-order chi connectivity index (χ1) is 5.85. The van der Waals surface area contributed by atoms with E-state index in [9.17, 15) is 0 Å². The number of hydrogen-bond donors (Lipinski definition) is 1. The molecule has 0 heterocycles. The molecular weight excluding hydrogens is 150 g/mol. The van der Waals surface area contributed by atoms with Gasteiger partial charge in [0, 0.05) is 13.2 Å². The normalized spacial score (nSPS) is 13.2. The molecule has 0 fully saturated rings. The van der Waals surface area contributed by atoms with Gasteiger partial charge < -0.3 is 10.1 Å². The highest BCUT2D eigenvalue weighted by atomic mass is 16.5. The van der Waals surface area contributed by atoms with Gasteiger partial charge in [-0.25, -0.2) is 0 Å². The molecule has 1 atom stereocenters. The van der Waals surface area contributed by atoms with E-state index in [1.807, 2.05) is 7.05 Å². The molecule has 0 amide bonds. The molecule has 1 N–H and O–H groups in total. The fourth-order valence-electron chi connectivity index (χ4n) is 1.15. The van der Waals surface area contributed by atoms with Crippen molar-refractivity contribution in [2.45, 2.75) is 45.6 Å². The smallest absolute Gasteiger partial charge is 0.0696 e. The quantitative estimate of drug-likeness (QED) is 0.568. The van der Waals surface area contributed by atoms with Gasteiger partial charge in [0.25, 0.3) is 0 Å². The first-order valence-electron chi connectivity index (χ1n) is 5.11. The van der Waals surface area contributed by atoms with Crippen LogP contribution in [0.15, 0.2) is 0 Å². The van der Waals surface area contributed by atoms with Crippen LogP contribution in [0.2, 0.25) is 0 Å². The van der Waals surface area contributed by atoms with Gasteiger partial charge in [-0.3, -0.25) is 0 Å². The van der Waals surface area contributed by atoms with E-state index in [0.29, 0.717) is 6.10 Å². The van der Waals surface area contributed by atoms with E-state index >= 15 is 0 Å². The van der Waals surface area contributed by atoms with Crippen LogP contribution >= 0.6 is 0 Å². The summed E-state index contributed by atoms with van der Waals surface area (Å²) in [6, 6.07) is 0. The predicted octanol–water partition coefficient (Wildman–Crippen LogP) is 2.19. The Kier molecular flexibility index (Phi) is 8.95. The highest BCUT2D eigenvalue weighted by molar-refractivity contribution is 4.56. The Labute approximate surface area is 76.7 Å². The van der Waals surface area contributed by atoms with Crippen molar-refractivity contribution in [1.82, 2.24) is 5.32 Å². The third-order valence-electron chi connectivity index (χ3n) is 1.99. The molecule has 0 aliphatic rings. The molecule has 0 aliphatic carbocycles. The van der Waals surface area contributed by atoms with Crippen LogP contribution < -0.4 is 5.32 Å². The zero-order valence-corrected chi connectivity index (χ0v) is 8.73. The van der Waals surface area contributed by atoms with Gasteiger partial charge in [0.2, 0.25) is 0 Å². The molecule has 0 saturated carbocycles. The highest BCUT2D eigenvalue weighted by Crippen LogP contribution is 2.00. The van der Waals surface area contributed by atoms with E-state index in [4.69, 9.17) is 4.74 Å². The molecular formula is C10H23NO. The van der Waals surface area contributed by atoms with Gasteiger partial charge in [-0.2, -0.15) is 0 Å². The first kappa shape index (κ1) is 11.9. The molecule has 0 aliphatic heterocycles. The number of hydrogen-bond acceptors (Lipinski definition) is 2. The summed E-state index contributed by atoms with van der Waals surface area (Å²) in [5.74, 6) is 0. The summed E-state index contributed by atoms with van der Waals surface area (Å²) in [6.45, 7) is 6.28. The molecule has 0 saturated heterocycles. The van der Waals surface area contributed by atoms with Crippen LogP contribution in [0.4, 0.5) is 0 Å². The largest absolute Gasteiger partial charge is 0.377 e. The molecule has 0 spiro atoms. The maximum absolute atomic E-state index is 5.67. The van der Waals surface area contributed by atoms with E-state index in [1.54, 1.807) is 0 Å². The minimum atomic E-state index is 0.409. The van der Waals surface area contributed by atoms with Crippen molar-refractivity contribution in [2.24, 2.45) is 0 Å². The third kappa shape index (κ3) is 6.62. The second-order valence-corrected chi connectivity index (χ2v) is 3.17. The molecule has 1 unspecified atom stereocenters. The van der Waals surface area contributed by atoms with Crippen LogP contribution in [-0.2, 0) is 4.74 Å². The van der Waals surface area contributed by atoms with Crippen molar-refractivity contribution in [1.29, 1.82) is 0 Å². The number of rotatable bonds is 8. The summed E-state index contributed by atoms with van der Waals surface area (Å²) in [7, 11) is 1.97. The highest BCUT2D eigenvalue weighted by Gasteiger charge is 2.03. The number of unbranched alkanes of at least 4 members (excludes halogenated alkanes) is 2. The summed E-state index contributed by atoms with van der Waals surface area (Å²) in [6.07, 6.45) is 5.28. The molecule has 0 aromatic rings. The van der Waals surface area contributed by atoms with E-state index < -0.39 is 0 Å². The monoisotopic (exact) mass is 173 g/mol. The van der Waals surface area contributed by atoms with Crippen molar-refractivity contribution < 1.29 is 4.74 Å². The van der Waals surface area contributed by atoms with Gasteiger partial charge in [-0.15, -0.1) is 0 Å². The molecule has 2 heteroatoms. The lowest BCUT2D eigenvalue weighted by Gasteiger charge is -2.15. The van der Waals surface area contributed by atoms with Crippen LogP contribution in [-0.4, -0.2) is 26.3 Å². The fraction of sp³-hybridized carbons (Fsp3) is 1.00. The molecule has 2 nitrogen and oxygen atoms in total. The zero-order chi connectivity index (χ0) is 9.23. The van der Waals surface area contributed by atoms with E-state index in [2.05, 4.69) is 19.2 Å². The fourth-order valence-corrected chi connectivity index (χ4v) is 1.15. The molecule has 0 aromatic heterocycles. The van der Waals surface area contributed by atoms with Gasteiger partial charge in [-0.05, 0) is 19.9 Å². The van der Waals surface area contributed by atoms with Crippen molar-refractivity contribution in [3.63, 3.8) is 0 Å². The van der Waals surface area contributed by atoms with Gasteiger partial charge in [0.05, 0.1) is 6.10 Å². The molecule has 74 valence electrons. The maximum atomic E-state index is 5.67. The van der Waals surface area contributed by atoms with Crippen molar-refractivity contribution in [3.05, 3.63) is 0 Å². The van der Waals surface area contributed by atoms with Crippen molar-refractivity contribution in [2.75, 3.05) is 20.2 Å². The molecule has 0 rings (SSSR count). The lowest BCUT2D eigenvalue weighted by atomic mass is 10.2. The topological polar surface area (TPSA) is 21.3 Å². The van der Waals surface area contributed by atoms with Crippen LogP contribution in [0, 0.1) is 0 Å². The first-order valence-corrected chi connectivity index (χ1v) is 5.11. The second kappa shape index (κ2) is 9.01. The van der Waals surface area contributed by atoms with Crippen LogP contribution in [0.3, 0.4) is 0 Å². The van der Waals surface area contributed by atoms with Gasteiger partial charge in [-0.1, -0.05) is 26.7 Å². The average molecular weight is 173 g/mol. The SMILES string of the molecule is CCCCCOC(CC)CNC. The van der Waals surface area contributed by atoms with Crippen LogP contribution in [0.25, 0.3) is 0 Å². The van der Waals surface area contributed by atoms with Crippen molar-refractivity contribution in [3.8, 4) is 0 Å². The summed E-state index contributed by atoms with van der Waals surface area (Å²) < 4.78 is 5.67. The minimum absolute atomic E-state index is 0.409. The molecule has 0 bridgehead atoms. The summed E-state index contributed by atoms with van der Waals surface area (Å²) in [4.78, 5) is 0. The molecule has 0 radical (unpaired) electrons. The Hall–Kier alpha value is -0.0800. The third-order valence-corrected chi connectivity index (χ3v) is 1.99. The van der Waals surface area contributed by atoms with Crippen molar-refractivity contribution >= 4 is 0 Å². The number of ether oxygens (including phenoxy) is 1.